The molecule has 4 fully saturated rings. The van der Waals surface area contributed by atoms with Crippen LogP contribution in [0.4, 0.5) is 0 Å². The minimum absolute atomic E-state index is 0.213. The number of hydrogen-bond acceptors (Lipinski definition) is 2. The van der Waals surface area contributed by atoms with Crippen molar-refractivity contribution in [3.05, 3.63) is 0 Å². The number of rotatable bonds is 6. The first-order valence-electron chi connectivity index (χ1n) is 8.63. The highest BCUT2D eigenvalue weighted by atomic mass is 15.0. The van der Waals surface area contributed by atoms with E-state index in [-0.39, 0.29) is 5.96 Å². The van der Waals surface area contributed by atoms with Crippen molar-refractivity contribution in [3.63, 3.8) is 0 Å². The molecule has 0 saturated heterocycles. The van der Waals surface area contributed by atoms with Crippen molar-refractivity contribution in [2.24, 2.45) is 33.2 Å². The molecule has 0 aromatic heterocycles. The van der Waals surface area contributed by atoms with E-state index in [1.807, 2.05) is 0 Å². The van der Waals surface area contributed by atoms with Crippen LogP contribution < -0.4 is 16.8 Å². The van der Waals surface area contributed by atoms with Gasteiger partial charge in [-0.3, -0.25) is 4.99 Å². The molecular weight excluding hydrogens is 260 g/mol. The highest BCUT2D eigenvalue weighted by Gasteiger charge is 2.59. The lowest BCUT2D eigenvalue weighted by Crippen LogP contribution is -2.64. The Morgan fingerprint density at radius 2 is 1.71 bits per heavy atom. The van der Waals surface area contributed by atoms with Crippen molar-refractivity contribution in [3.8, 4) is 0 Å². The maximum Gasteiger partial charge on any atom is 0.185 e. The Morgan fingerprint density at radius 1 is 1.05 bits per heavy atom. The van der Waals surface area contributed by atoms with Crippen molar-refractivity contribution in [1.29, 1.82) is 0 Å². The summed E-state index contributed by atoms with van der Waals surface area (Å²) >= 11 is 0. The van der Waals surface area contributed by atoms with Crippen molar-refractivity contribution in [2.45, 2.75) is 70.8 Å². The molecule has 4 bridgehead atoms. The molecule has 0 aromatic rings. The summed E-state index contributed by atoms with van der Waals surface area (Å²) in [6, 6.07) is 0. The van der Waals surface area contributed by atoms with E-state index in [0.717, 1.165) is 31.8 Å². The molecule has 5 N–H and O–H groups in total. The van der Waals surface area contributed by atoms with E-state index in [4.69, 9.17) is 11.5 Å². The van der Waals surface area contributed by atoms with Crippen molar-refractivity contribution < 1.29 is 0 Å². The lowest BCUT2D eigenvalue weighted by molar-refractivity contribution is -0.117. The SMILES string of the molecule is CC12CC3CC(C)(C1)CC(NCCCCN=C(N)N)(C3)C2. The van der Waals surface area contributed by atoms with Gasteiger partial charge in [-0.15, -0.1) is 0 Å². The molecule has 2 unspecified atom stereocenters. The zero-order chi connectivity index (χ0) is 15.1. The van der Waals surface area contributed by atoms with Gasteiger partial charge in [0, 0.05) is 12.1 Å². The van der Waals surface area contributed by atoms with Gasteiger partial charge >= 0.3 is 0 Å². The van der Waals surface area contributed by atoms with Crippen LogP contribution in [-0.2, 0) is 0 Å². The second-order valence-corrected chi connectivity index (χ2v) is 8.85. The monoisotopic (exact) mass is 292 g/mol. The smallest absolute Gasteiger partial charge is 0.185 e. The number of guanidine groups is 1. The summed E-state index contributed by atoms with van der Waals surface area (Å²) in [4.78, 5) is 4.06. The largest absolute Gasteiger partial charge is 0.370 e. The van der Waals surface area contributed by atoms with Crippen LogP contribution in [0, 0.1) is 16.7 Å². The molecule has 0 aliphatic heterocycles. The van der Waals surface area contributed by atoms with Gasteiger partial charge < -0.3 is 16.8 Å². The zero-order valence-electron chi connectivity index (χ0n) is 13.8. The summed E-state index contributed by atoms with van der Waals surface area (Å²) in [5.74, 6) is 1.18. The third kappa shape index (κ3) is 3.20. The van der Waals surface area contributed by atoms with Gasteiger partial charge in [0.2, 0.25) is 0 Å². The standard InChI is InChI=1S/C17H32N4/c1-15-7-13-8-16(2,10-15)12-17(9-13,11-15)21-6-4-3-5-20-14(18)19/h13,21H,3-12H2,1-2H3,(H4,18,19,20). The van der Waals surface area contributed by atoms with Crippen LogP contribution in [-0.4, -0.2) is 24.6 Å². The number of hydrogen-bond donors (Lipinski definition) is 3. The van der Waals surface area contributed by atoms with Gasteiger partial charge in [-0.25, -0.2) is 0 Å². The lowest BCUT2D eigenvalue weighted by Gasteiger charge is -2.65. The van der Waals surface area contributed by atoms with E-state index in [9.17, 15) is 0 Å². The Balaban J connectivity index is 1.52. The fourth-order valence-corrected chi connectivity index (χ4v) is 6.44. The zero-order valence-corrected chi connectivity index (χ0v) is 13.8. The molecule has 4 rings (SSSR count). The van der Waals surface area contributed by atoms with E-state index >= 15 is 0 Å². The van der Waals surface area contributed by atoms with E-state index in [1.54, 1.807) is 0 Å². The lowest BCUT2D eigenvalue weighted by atomic mass is 9.43. The van der Waals surface area contributed by atoms with Crippen LogP contribution in [0.5, 0.6) is 0 Å². The van der Waals surface area contributed by atoms with Crippen molar-refractivity contribution >= 4 is 5.96 Å². The topological polar surface area (TPSA) is 76.4 Å². The number of nitrogens with one attached hydrogen (secondary N) is 1. The minimum Gasteiger partial charge on any atom is -0.370 e. The molecule has 4 aliphatic carbocycles. The highest BCUT2D eigenvalue weighted by Crippen LogP contribution is 2.66. The average molecular weight is 292 g/mol. The summed E-state index contributed by atoms with van der Waals surface area (Å²) in [6.07, 6.45) is 10.8. The van der Waals surface area contributed by atoms with Crippen LogP contribution in [0.25, 0.3) is 0 Å². The highest BCUT2D eigenvalue weighted by molar-refractivity contribution is 5.75. The third-order valence-corrected chi connectivity index (χ3v) is 6.01. The predicted octanol–water partition coefficient (Wildman–Crippen LogP) is 2.38. The second kappa shape index (κ2) is 5.15. The first-order chi connectivity index (χ1) is 9.82. The first kappa shape index (κ1) is 15.1. The molecule has 21 heavy (non-hydrogen) atoms. The molecule has 4 aliphatic rings. The van der Waals surface area contributed by atoms with Crippen LogP contribution in [0.2, 0.25) is 0 Å². The first-order valence-corrected chi connectivity index (χ1v) is 8.63. The van der Waals surface area contributed by atoms with E-state index in [1.165, 1.54) is 38.5 Å². The normalized spacial score (nSPS) is 44.0. The maximum absolute atomic E-state index is 5.35. The summed E-state index contributed by atoms with van der Waals surface area (Å²) < 4.78 is 0. The predicted molar refractivity (Wildman–Crippen MR) is 88.1 cm³/mol. The van der Waals surface area contributed by atoms with Gasteiger partial charge in [0.25, 0.3) is 0 Å². The van der Waals surface area contributed by atoms with Gasteiger partial charge in [0.05, 0.1) is 0 Å². The Hall–Kier alpha value is -0.770. The quantitative estimate of drug-likeness (QED) is 0.399. The third-order valence-electron chi connectivity index (χ3n) is 6.01. The average Bonchev–Trinajstić information content (AvgIpc) is 2.28. The van der Waals surface area contributed by atoms with E-state index < -0.39 is 0 Å². The van der Waals surface area contributed by atoms with Crippen molar-refractivity contribution in [1.82, 2.24) is 5.32 Å². The number of unbranched alkanes of at least 4 members (excludes halogenated alkanes) is 1. The minimum atomic E-state index is 0.213. The van der Waals surface area contributed by atoms with Gasteiger partial charge in [0.15, 0.2) is 5.96 Å². The molecule has 0 spiro atoms. The molecule has 4 heteroatoms. The van der Waals surface area contributed by atoms with Crippen LogP contribution in [0.15, 0.2) is 4.99 Å². The number of nitrogens with zero attached hydrogens (tertiary/aromatic N) is 1. The molecule has 0 amide bonds. The van der Waals surface area contributed by atoms with E-state index in [0.29, 0.717) is 16.4 Å². The summed E-state index contributed by atoms with van der Waals surface area (Å²) in [6.45, 7) is 6.93. The van der Waals surface area contributed by atoms with Gasteiger partial charge in [-0.1, -0.05) is 13.8 Å². The molecule has 0 radical (unpaired) electrons. The second-order valence-electron chi connectivity index (χ2n) is 8.85. The van der Waals surface area contributed by atoms with Gasteiger partial charge in [-0.05, 0) is 74.7 Å². The molecule has 4 nitrogen and oxygen atoms in total. The maximum atomic E-state index is 5.35. The molecule has 0 aromatic carbocycles. The van der Waals surface area contributed by atoms with Crippen molar-refractivity contribution in [2.75, 3.05) is 13.1 Å². The van der Waals surface area contributed by atoms with Crippen LogP contribution >= 0.6 is 0 Å². The van der Waals surface area contributed by atoms with Crippen LogP contribution in [0.3, 0.4) is 0 Å². The summed E-state index contributed by atoms with van der Waals surface area (Å²) in [5, 5.41) is 3.95. The fourth-order valence-electron chi connectivity index (χ4n) is 6.44. The number of aliphatic imine (C=N–C) groups is 1. The molecule has 4 saturated carbocycles. The number of nitrogens with two attached hydrogens (primary N) is 2. The molecule has 2 atom stereocenters. The molecule has 0 heterocycles. The Morgan fingerprint density at radius 3 is 2.29 bits per heavy atom. The Labute approximate surface area is 129 Å². The van der Waals surface area contributed by atoms with Gasteiger partial charge in [-0.2, -0.15) is 0 Å². The van der Waals surface area contributed by atoms with Gasteiger partial charge in [0.1, 0.15) is 0 Å². The van der Waals surface area contributed by atoms with Crippen LogP contribution in [0.1, 0.15) is 65.2 Å². The van der Waals surface area contributed by atoms with E-state index in [2.05, 4.69) is 24.2 Å². The molecule has 120 valence electrons. The summed E-state index contributed by atoms with van der Waals surface area (Å²) in [7, 11) is 0. The summed E-state index contributed by atoms with van der Waals surface area (Å²) in [5.41, 5.74) is 12.3. The fraction of sp³-hybridized carbons (Fsp3) is 0.941. The molecular formula is C17H32N4. The Bertz CT molecular complexity index is 409. The Kier molecular flexibility index (Phi) is 3.71.